The zero-order valence-electron chi connectivity index (χ0n) is 15.6. The molecule has 2 aliphatic heterocycles. The Bertz CT molecular complexity index is 914. The number of carbonyl (C=O) groups is 1. The van der Waals surface area contributed by atoms with Crippen LogP contribution in [0.3, 0.4) is 0 Å². The third-order valence-corrected chi connectivity index (χ3v) is 6.70. The van der Waals surface area contributed by atoms with Gasteiger partial charge >= 0.3 is 0 Å². The standard InChI is InChI=1S/C23H26N2O2/c26-22(10-16-5-4-6-16)24-13-17-9-20(15-24)21-11-19(12-23(27)25(21)14-17)18-7-2-1-3-8-18/h1-3,7-8,11-12,16-17,20H,4-6,9-10,13-15H2/t17-,20+/m0/s1. The molecule has 2 bridgehead atoms. The maximum atomic E-state index is 12.8. The fourth-order valence-corrected chi connectivity index (χ4v) is 5.03. The van der Waals surface area contributed by atoms with Crippen molar-refractivity contribution in [3.05, 3.63) is 58.5 Å². The fourth-order valence-electron chi connectivity index (χ4n) is 5.03. The van der Waals surface area contributed by atoms with Crippen LogP contribution in [0.1, 0.15) is 43.7 Å². The minimum Gasteiger partial charge on any atom is -0.342 e. The Balaban J connectivity index is 1.44. The highest BCUT2D eigenvalue weighted by molar-refractivity contribution is 5.77. The van der Waals surface area contributed by atoms with Gasteiger partial charge in [0.2, 0.25) is 5.91 Å². The number of nitrogens with zero attached hydrogens (tertiary/aromatic N) is 2. The lowest BCUT2D eigenvalue weighted by molar-refractivity contribution is -0.135. The summed E-state index contributed by atoms with van der Waals surface area (Å²) in [6.45, 7) is 2.32. The molecule has 0 unspecified atom stereocenters. The van der Waals surface area contributed by atoms with Gasteiger partial charge in [0.15, 0.2) is 0 Å². The Hall–Kier alpha value is -2.36. The third-order valence-electron chi connectivity index (χ3n) is 6.70. The van der Waals surface area contributed by atoms with Gasteiger partial charge in [-0.05, 0) is 48.3 Å². The smallest absolute Gasteiger partial charge is 0.251 e. The van der Waals surface area contributed by atoms with Crippen LogP contribution in [0.2, 0.25) is 0 Å². The number of amides is 1. The van der Waals surface area contributed by atoms with Crippen LogP contribution in [-0.4, -0.2) is 28.5 Å². The summed E-state index contributed by atoms with van der Waals surface area (Å²) in [5, 5.41) is 0. The van der Waals surface area contributed by atoms with E-state index < -0.39 is 0 Å². The van der Waals surface area contributed by atoms with E-state index in [1.54, 1.807) is 6.07 Å². The number of aromatic nitrogens is 1. The molecule has 2 fully saturated rings. The van der Waals surface area contributed by atoms with E-state index in [1.165, 1.54) is 19.3 Å². The molecule has 2 aromatic rings. The SMILES string of the molecule is O=C(CC1CCC1)N1C[C@@H]2C[C@H](C1)c1cc(-c3ccccc3)cc(=O)n1C2. The van der Waals surface area contributed by atoms with Gasteiger partial charge in [0.1, 0.15) is 0 Å². The summed E-state index contributed by atoms with van der Waals surface area (Å²) in [4.78, 5) is 27.6. The maximum Gasteiger partial charge on any atom is 0.251 e. The van der Waals surface area contributed by atoms with Crippen molar-refractivity contribution < 1.29 is 4.79 Å². The number of likely N-dealkylation sites (tertiary alicyclic amines) is 1. The van der Waals surface area contributed by atoms with E-state index in [2.05, 4.69) is 11.0 Å². The molecule has 1 saturated heterocycles. The second kappa shape index (κ2) is 6.66. The van der Waals surface area contributed by atoms with E-state index in [0.29, 0.717) is 17.7 Å². The summed E-state index contributed by atoms with van der Waals surface area (Å²) < 4.78 is 1.96. The van der Waals surface area contributed by atoms with E-state index in [1.807, 2.05) is 34.9 Å². The first-order valence-corrected chi connectivity index (χ1v) is 10.3. The number of pyridine rings is 1. The number of benzene rings is 1. The van der Waals surface area contributed by atoms with E-state index in [-0.39, 0.29) is 11.5 Å². The van der Waals surface area contributed by atoms with Gasteiger partial charge in [0.25, 0.3) is 5.56 Å². The van der Waals surface area contributed by atoms with Crippen molar-refractivity contribution in [3.8, 4) is 11.1 Å². The number of hydrogen-bond donors (Lipinski definition) is 0. The molecule has 5 rings (SSSR count). The molecule has 0 N–H and O–H groups in total. The predicted molar refractivity (Wildman–Crippen MR) is 106 cm³/mol. The molecule has 3 aliphatic rings. The lowest BCUT2D eigenvalue weighted by Crippen LogP contribution is -2.49. The topological polar surface area (TPSA) is 42.3 Å². The maximum absolute atomic E-state index is 12.8. The Morgan fingerprint density at radius 1 is 1.00 bits per heavy atom. The van der Waals surface area contributed by atoms with Crippen molar-refractivity contribution in [2.75, 3.05) is 13.1 Å². The normalized spacial score (nSPS) is 24.2. The molecule has 140 valence electrons. The van der Waals surface area contributed by atoms with Gasteiger partial charge in [-0.25, -0.2) is 0 Å². The van der Waals surface area contributed by atoms with Crippen LogP contribution < -0.4 is 5.56 Å². The van der Waals surface area contributed by atoms with Crippen molar-refractivity contribution in [1.82, 2.24) is 9.47 Å². The van der Waals surface area contributed by atoms with Gasteiger partial charge in [-0.1, -0.05) is 36.8 Å². The van der Waals surface area contributed by atoms with Gasteiger partial charge in [-0.2, -0.15) is 0 Å². The Kier molecular flexibility index (Phi) is 4.14. The molecule has 3 heterocycles. The van der Waals surface area contributed by atoms with Gasteiger partial charge < -0.3 is 9.47 Å². The first kappa shape index (κ1) is 16.8. The number of hydrogen-bond acceptors (Lipinski definition) is 2. The highest BCUT2D eigenvalue weighted by Gasteiger charge is 2.37. The third kappa shape index (κ3) is 3.11. The van der Waals surface area contributed by atoms with E-state index in [0.717, 1.165) is 49.3 Å². The average molecular weight is 362 g/mol. The van der Waals surface area contributed by atoms with Crippen LogP contribution in [0, 0.1) is 11.8 Å². The molecule has 0 radical (unpaired) electrons. The lowest BCUT2D eigenvalue weighted by atomic mass is 9.80. The molecule has 1 amide bonds. The van der Waals surface area contributed by atoms with Crippen LogP contribution in [0.4, 0.5) is 0 Å². The number of fused-ring (bicyclic) bond motifs is 4. The van der Waals surface area contributed by atoms with Crippen molar-refractivity contribution >= 4 is 5.91 Å². The second-order valence-electron chi connectivity index (χ2n) is 8.58. The first-order valence-electron chi connectivity index (χ1n) is 10.3. The van der Waals surface area contributed by atoms with E-state index in [4.69, 9.17) is 0 Å². The molecular weight excluding hydrogens is 336 g/mol. The summed E-state index contributed by atoms with van der Waals surface area (Å²) in [6.07, 6.45) is 5.51. The Morgan fingerprint density at radius 2 is 1.81 bits per heavy atom. The van der Waals surface area contributed by atoms with Crippen LogP contribution in [-0.2, 0) is 11.3 Å². The van der Waals surface area contributed by atoms with Crippen molar-refractivity contribution in [2.24, 2.45) is 11.8 Å². The monoisotopic (exact) mass is 362 g/mol. The molecule has 27 heavy (non-hydrogen) atoms. The van der Waals surface area contributed by atoms with Gasteiger partial charge in [0.05, 0.1) is 0 Å². The van der Waals surface area contributed by atoms with Crippen LogP contribution >= 0.6 is 0 Å². The zero-order valence-corrected chi connectivity index (χ0v) is 15.6. The molecule has 1 saturated carbocycles. The van der Waals surface area contributed by atoms with Gasteiger partial charge in [0, 0.05) is 43.7 Å². The first-order chi connectivity index (χ1) is 13.2. The molecule has 1 aromatic carbocycles. The minimum atomic E-state index is 0.0929. The lowest BCUT2D eigenvalue weighted by Gasteiger charge is -2.43. The highest BCUT2D eigenvalue weighted by Crippen LogP contribution is 2.37. The largest absolute Gasteiger partial charge is 0.342 e. The zero-order chi connectivity index (χ0) is 18.4. The molecule has 1 aliphatic carbocycles. The van der Waals surface area contributed by atoms with Crippen molar-refractivity contribution in [1.29, 1.82) is 0 Å². The van der Waals surface area contributed by atoms with E-state index in [9.17, 15) is 9.59 Å². The summed E-state index contributed by atoms with van der Waals surface area (Å²) in [5.74, 6) is 1.62. The summed E-state index contributed by atoms with van der Waals surface area (Å²) in [6, 6.07) is 14.0. The molecule has 1 aromatic heterocycles. The van der Waals surface area contributed by atoms with E-state index >= 15 is 0 Å². The predicted octanol–water partition coefficient (Wildman–Crippen LogP) is 3.65. The van der Waals surface area contributed by atoms with Gasteiger partial charge in [-0.15, -0.1) is 0 Å². The Morgan fingerprint density at radius 3 is 2.56 bits per heavy atom. The summed E-state index contributed by atoms with van der Waals surface area (Å²) in [7, 11) is 0. The molecule has 4 heteroatoms. The summed E-state index contributed by atoms with van der Waals surface area (Å²) >= 11 is 0. The Labute approximate surface area is 159 Å². The molecule has 4 nitrogen and oxygen atoms in total. The van der Waals surface area contributed by atoms with Crippen LogP contribution in [0.5, 0.6) is 0 Å². The average Bonchev–Trinajstić information content (AvgIpc) is 2.66. The second-order valence-corrected chi connectivity index (χ2v) is 8.58. The van der Waals surface area contributed by atoms with Crippen molar-refractivity contribution in [3.63, 3.8) is 0 Å². The van der Waals surface area contributed by atoms with Crippen molar-refractivity contribution in [2.45, 2.75) is 44.6 Å². The fraction of sp³-hybridized carbons (Fsp3) is 0.478. The minimum absolute atomic E-state index is 0.0929. The van der Waals surface area contributed by atoms with Crippen LogP contribution in [0.15, 0.2) is 47.3 Å². The number of piperidine rings is 1. The van der Waals surface area contributed by atoms with Gasteiger partial charge in [-0.3, -0.25) is 9.59 Å². The number of rotatable bonds is 3. The quantitative estimate of drug-likeness (QED) is 0.836. The van der Waals surface area contributed by atoms with Crippen LogP contribution in [0.25, 0.3) is 11.1 Å². The molecular formula is C23H26N2O2. The molecule has 0 spiro atoms. The number of carbonyl (C=O) groups excluding carboxylic acids is 1. The summed E-state index contributed by atoms with van der Waals surface area (Å²) in [5.41, 5.74) is 3.27. The molecule has 2 atom stereocenters. The highest BCUT2D eigenvalue weighted by atomic mass is 16.2.